The van der Waals surface area contributed by atoms with Crippen LogP contribution in [0.15, 0.2) is 36.4 Å². The van der Waals surface area contributed by atoms with Crippen molar-refractivity contribution in [2.75, 3.05) is 11.4 Å². The maximum Gasteiger partial charge on any atom is 0.223 e. The Morgan fingerprint density at radius 3 is 2.15 bits per heavy atom. The number of carbonyl (C=O) groups excluding carboxylic acids is 2. The van der Waals surface area contributed by atoms with Gasteiger partial charge in [-0.3, -0.25) is 9.59 Å². The molecule has 4 heteroatoms. The van der Waals surface area contributed by atoms with Gasteiger partial charge in [0.25, 0.3) is 0 Å². The largest absolute Gasteiger partial charge is 0.352 e. The second kappa shape index (κ2) is 8.65. The Morgan fingerprint density at radius 1 is 0.962 bits per heavy atom. The Kier molecular flexibility index (Phi) is 6.56. The van der Waals surface area contributed by atoms with E-state index in [1.807, 2.05) is 52.0 Å². The van der Waals surface area contributed by atoms with Crippen LogP contribution in [0.4, 0.5) is 5.69 Å². The van der Waals surface area contributed by atoms with Gasteiger partial charge >= 0.3 is 0 Å². The Hall–Kier alpha value is -2.62. The fourth-order valence-corrected chi connectivity index (χ4v) is 3.33. The minimum Gasteiger partial charge on any atom is -0.352 e. The van der Waals surface area contributed by atoms with E-state index in [4.69, 9.17) is 0 Å². The van der Waals surface area contributed by atoms with E-state index in [0.717, 1.165) is 27.9 Å². The summed E-state index contributed by atoms with van der Waals surface area (Å²) in [6.07, 6.45) is 0.276. The quantitative estimate of drug-likeness (QED) is 0.855. The molecule has 26 heavy (non-hydrogen) atoms. The minimum atomic E-state index is -0.0538. The maximum atomic E-state index is 12.3. The van der Waals surface area contributed by atoms with Gasteiger partial charge in [0.05, 0.1) is 0 Å². The molecular formula is C22H28N2O2. The van der Waals surface area contributed by atoms with Gasteiger partial charge in [0, 0.05) is 32.1 Å². The SMILES string of the molecule is CC(=O)N(CCC(=O)NCc1ccccc1C)c1c(C)cc(C)cc1C. The lowest BCUT2D eigenvalue weighted by Crippen LogP contribution is -2.34. The van der Waals surface area contributed by atoms with Crippen molar-refractivity contribution >= 4 is 17.5 Å². The van der Waals surface area contributed by atoms with Gasteiger partial charge < -0.3 is 10.2 Å². The zero-order valence-corrected chi connectivity index (χ0v) is 16.3. The number of anilines is 1. The lowest BCUT2D eigenvalue weighted by Gasteiger charge is -2.25. The summed E-state index contributed by atoms with van der Waals surface area (Å²) in [5.74, 6) is -0.103. The topological polar surface area (TPSA) is 49.4 Å². The molecule has 0 spiro atoms. The standard InChI is InChI=1S/C22H28N2O2/c1-15-12-17(3)22(18(4)13-15)24(19(5)25)11-10-21(26)23-14-20-9-7-6-8-16(20)2/h6-9,12-13H,10-11,14H2,1-5H3,(H,23,26). The molecule has 0 aliphatic rings. The molecule has 2 rings (SSSR count). The highest BCUT2D eigenvalue weighted by Gasteiger charge is 2.17. The molecule has 0 unspecified atom stereocenters. The molecular weight excluding hydrogens is 324 g/mol. The smallest absolute Gasteiger partial charge is 0.223 e. The average Bonchev–Trinajstić information content (AvgIpc) is 2.55. The van der Waals surface area contributed by atoms with Crippen LogP contribution >= 0.6 is 0 Å². The van der Waals surface area contributed by atoms with Crippen LogP contribution < -0.4 is 10.2 Å². The Morgan fingerprint density at radius 2 is 1.58 bits per heavy atom. The first-order valence-corrected chi connectivity index (χ1v) is 8.96. The second-order valence-electron chi connectivity index (χ2n) is 6.87. The number of rotatable bonds is 6. The third-order valence-corrected chi connectivity index (χ3v) is 4.59. The first-order valence-electron chi connectivity index (χ1n) is 8.96. The van der Waals surface area contributed by atoms with Crippen molar-refractivity contribution in [3.05, 3.63) is 64.2 Å². The van der Waals surface area contributed by atoms with Gasteiger partial charge in [0.1, 0.15) is 0 Å². The summed E-state index contributed by atoms with van der Waals surface area (Å²) < 4.78 is 0. The summed E-state index contributed by atoms with van der Waals surface area (Å²) in [7, 11) is 0. The highest BCUT2D eigenvalue weighted by Crippen LogP contribution is 2.26. The van der Waals surface area contributed by atoms with Gasteiger partial charge in [0.15, 0.2) is 0 Å². The highest BCUT2D eigenvalue weighted by atomic mass is 16.2. The summed E-state index contributed by atoms with van der Waals surface area (Å²) in [6, 6.07) is 12.1. The zero-order chi connectivity index (χ0) is 19.3. The van der Waals surface area contributed by atoms with Crippen molar-refractivity contribution in [3.63, 3.8) is 0 Å². The molecule has 0 saturated carbocycles. The van der Waals surface area contributed by atoms with Crippen LogP contribution in [0.5, 0.6) is 0 Å². The van der Waals surface area contributed by atoms with Crippen LogP contribution in [-0.2, 0) is 16.1 Å². The van der Waals surface area contributed by atoms with Gasteiger partial charge in [-0.15, -0.1) is 0 Å². The van der Waals surface area contributed by atoms with E-state index in [1.54, 1.807) is 11.8 Å². The lowest BCUT2D eigenvalue weighted by atomic mass is 10.0. The van der Waals surface area contributed by atoms with E-state index in [-0.39, 0.29) is 18.2 Å². The van der Waals surface area contributed by atoms with E-state index in [0.29, 0.717) is 13.1 Å². The molecule has 138 valence electrons. The second-order valence-corrected chi connectivity index (χ2v) is 6.87. The fraction of sp³-hybridized carbons (Fsp3) is 0.364. The van der Waals surface area contributed by atoms with Crippen molar-refractivity contribution in [2.45, 2.75) is 47.6 Å². The molecule has 0 radical (unpaired) electrons. The number of nitrogens with one attached hydrogen (secondary N) is 1. The molecule has 0 saturated heterocycles. The van der Waals surface area contributed by atoms with Crippen molar-refractivity contribution in [1.82, 2.24) is 5.32 Å². The first kappa shape index (κ1) is 19.7. The molecule has 0 fully saturated rings. The van der Waals surface area contributed by atoms with E-state index in [2.05, 4.69) is 17.4 Å². The summed E-state index contributed by atoms with van der Waals surface area (Å²) in [6.45, 7) is 10.5. The van der Waals surface area contributed by atoms with Crippen molar-refractivity contribution < 1.29 is 9.59 Å². The number of carbonyl (C=O) groups is 2. The molecule has 2 amide bonds. The molecule has 0 heterocycles. The monoisotopic (exact) mass is 352 g/mol. The number of amides is 2. The summed E-state index contributed by atoms with van der Waals surface area (Å²) >= 11 is 0. The zero-order valence-electron chi connectivity index (χ0n) is 16.3. The molecule has 2 aromatic rings. The van der Waals surface area contributed by atoms with Crippen molar-refractivity contribution in [3.8, 4) is 0 Å². The summed E-state index contributed by atoms with van der Waals surface area (Å²) in [5, 5.41) is 2.95. The van der Waals surface area contributed by atoms with Crippen molar-refractivity contribution in [2.24, 2.45) is 0 Å². The number of aryl methyl sites for hydroxylation is 4. The predicted octanol–water partition coefficient (Wildman–Crippen LogP) is 3.98. The molecule has 1 N–H and O–H groups in total. The molecule has 2 aromatic carbocycles. The average molecular weight is 352 g/mol. The van der Waals surface area contributed by atoms with Crippen LogP contribution in [0, 0.1) is 27.7 Å². The third kappa shape index (κ3) is 4.94. The number of hydrogen-bond donors (Lipinski definition) is 1. The summed E-state index contributed by atoms with van der Waals surface area (Å²) in [5.41, 5.74) is 6.45. The van der Waals surface area contributed by atoms with E-state index >= 15 is 0 Å². The molecule has 0 aliphatic carbocycles. The molecule has 0 bridgehead atoms. The van der Waals surface area contributed by atoms with Crippen molar-refractivity contribution in [1.29, 1.82) is 0 Å². The molecule has 4 nitrogen and oxygen atoms in total. The molecule has 0 aromatic heterocycles. The van der Waals surface area contributed by atoms with Crippen LogP contribution in [0.1, 0.15) is 41.2 Å². The van der Waals surface area contributed by atoms with Gasteiger partial charge in [-0.1, -0.05) is 42.0 Å². The van der Waals surface area contributed by atoms with E-state index in [1.165, 1.54) is 5.56 Å². The van der Waals surface area contributed by atoms with Gasteiger partial charge in [-0.25, -0.2) is 0 Å². The minimum absolute atomic E-state index is 0.0493. The summed E-state index contributed by atoms with van der Waals surface area (Å²) in [4.78, 5) is 26.1. The number of nitrogens with zero attached hydrogens (tertiary/aromatic N) is 1. The number of hydrogen-bond acceptors (Lipinski definition) is 2. The fourth-order valence-electron chi connectivity index (χ4n) is 3.33. The van der Waals surface area contributed by atoms with Gasteiger partial charge in [-0.05, 0) is 49.9 Å². The van der Waals surface area contributed by atoms with Gasteiger partial charge in [0.2, 0.25) is 11.8 Å². The Balaban J connectivity index is 2.02. The van der Waals surface area contributed by atoms with Crippen LogP contribution in [0.2, 0.25) is 0 Å². The number of benzene rings is 2. The highest BCUT2D eigenvalue weighted by molar-refractivity contribution is 5.94. The van der Waals surface area contributed by atoms with Gasteiger partial charge in [-0.2, -0.15) is 0 Å². The Bertz CT molecular complexity index is 789. The third-order valence-electron chi connectivity index (χ3n) is 4.59. The first-order chi connectivity index (χ1) is 12.3. The Labute approximate surface area is 156 Å². The molecule has 0 aliphatic heterocycles. The van der Waals surface area contributed by atoms with Crippen LogP contribution in [0.25, 0.3) is 0 Å². The van der Waals surface area contributed by atoms with Crippen LogP contribution in [-0.4, -0.2) is 18.4 Å². The predicted molar refractivity (Wildman–Crippen MR) is 106 cm³/mol. The normalized spacial score (nSPS) is 10.5. The molecule has 0 atom stereocenters. The maximum absolute atomic E-state index is 12.3. The lowest BCUT2D eigenvalue weighted by molar-refractivity contribution is -0.121. The van der Waals surface area contributed by atoms with E-state index < -0.39 is 0 Å². The van der Waals surface area contributed by atoms with E-state index in [9.17, 15) is 9.59 Å². The van der Waals surface area contributed by atoms with Crippen LogP contribution in [0.3, 0.4) is 0 Å².